The van der Waals surface area contributed by atoms with E-state index in [9.17, 15) is 4.79 Å². The third-order valence-corrected chi connectivity index (χ3v) is 5.71. The maximum Gasteiger partial charge on any atom is 0.228 e. The van der Waals surface area contributed by atoms with Crippen molar-refractivity contribution >= 4 is 46.4 Å². The SMILES string of the molecule is Cc1cc(Cl)ccc1NC(=O)[C@H]1CCCN(Cc2c(Cl)cccc2Cl)C1. The number of piperidine rings is 1. The van der Waals surface area contributed by atoms with Crippen LogP contribution in [0, 0.1) is 12.8 Å². The van der Waals surface area contributed by atoms with Gasteiger partial charge in [-0.1, -0.05) is 40.9 Å². The minimum absolute atomic E-state index is 0.0466. The number of nitrogens with one attached hydrogen (secondary N) is 1. The molecule has 1 aliphatic rings. The molecule has 2 aromatic rings. The monoisotopic (exact) mass is 410 g/mol. The Morgan fingerprint density at radius 2 is 1.92 bits per heavy atom. The van der Waals surface area contributed by atoms with Crippen LogP contribution in [0.3, 0.4) is 0 Å². The Morgan fingerprint density at radius 1 is 1.19 bits per heavy atom. The standard InChI is InChI=1S/C20H21Cl3N2O/c1-13-10-15(21)7-8-19(13)24-20(26)14-4-3-9-25(11-14)12-16-17(22)5-2-6-18(16)23/h2,5-8,10,14H,3-4,9,11-12H2,1H3,(H,24,26)/t14-/m0/s1. The quantitative estimate of drug-likeness (QED) is 0.689. The molecule has 0 spiro atoms. The third kappa shape index (κ3) is 4.72. The molecule has 0 bridgehead atoms. The zero-order valence-electron chi connectivity index (χ0n) is 14.6. The molecule has 1 fully saturated rings. The molecule has 0 unspecified atom stereocenters. The molecule has 3 nitrogen and oxygen atoms in total. The molecule has 0 saturated carbocycles. The van der Waals surface area contributed by atoms with E-state index in [2.05, 4.69) is 10.2 Å². The van der Waals surface area contributed by atoms with Crippen molar-refractivity contribution in [2.45, 2.75) is 26.3 Å². The number of hydrogen-bond acceptors (Lipinski definition) is 2. The van der Waals surface area contributed by atoms with Gasteiger partial charge in [0.2, 0.25) is 5.91 Å². The summed E-state index contributed by atoms with van der Waals surface area (Å²) in [6.07, 6.45) is 1.85. The molecule has 3 rings (SSSR count). The van der Waals surface area contributed by atoms with Crippen molar-refractivity contribution in [2.75, 3.05) is 18.4 Å². The Labute approximate surface area is 169 Å². The van der Waals surface area contributed by atoms with Crippen molar-refractivity contribution in [3.63, 3.8) is 0 Å². The van der Waals surface area contributed by atoms with Crippen LogP contribution in [0.15, 0.2) is 36.4 Å². The Kier molecular flexibility index (Phi) is 6.46. The average molecular weight is 412 g/mol. The summed E-state index contributed by atoms with van der Waals surface area (Å²) in [5.74, 6) is -0.00882. The van der Waals surface area contributed by atoms with Gasteiger partial charge in [-0.15, -0.1) is 0 Å². The van der Waals surface area contributed by atoms with Crippen molar-refractivity contribution in [1.29, 1.82) is 0 Å². The summed E-state index contributed by atoms with van der Waals surface area (Å²) in [4.78, 5) is 15.0. The number of likely N-dealkylation sites (tertiary alicyclic amines) is 1. The number of carbonyl (C=O) groups excluding carboxylic acids is 1. The van der Waals surface area contributed by atoms with Gasteiger partial charge in [0.1, 0.15) is 0 Å². The number of anilines is 1. The van der Waals surface area contributed by atoms with Crippen molar-refractivity contribution < 1.29 is 4.79 Å². The van der Waals surface area contributed by atoms with Gasteiger partial charge in [-0.25, -0.2) is 0 Å². The first-order valence-electron chi connectivity index (χ1n) is 8.66. The summed E-state index contributed by atoms with van der Waals surface area (Å²) >= 11 is 18.6. The Morgan fingerprint density at radius 3 is 2.62 bits per heavy atom. The highest BCUT2D eigenvalue weighted by atomic mass is 35.5. The summed E-state index contributed by atoms with van der Waals surface area (Å²) in [7, 11) is 0. The molecule has 1 heterocycles. The van der Waals surface area contributed by atoms with Gasteiger partial charge in [0, 0.05) is 39.4 Å². The van der Waals surface area contributed by atoms with Crippen LogP contribution in [0.4, 0.5) is 5.69 Å². The highest BCUT2D eigenvalue weighted by molar-refractivity contribution is 6.36. The number of nitrogens with zero attached hydrogens (tertiary/aromatic N) is 1. The van der Waals surface area contributed by atoms with Crippen LogP contribution in [-0.4, -0.2) is 23.9 Å². The molecule has 1 atom stereocenters. The molecule has 1 amide bonds. The lowest BCUT2D eigenvalue weighted by atomic mass is 9.96. The average Bonchev–Trinajstić information content (AvgIpc) is 2.61. The number of aryl methyl sites for hydroxylation is 1. The number of halogens is 3. The number of rotatable bonds is 4. The molecule has 1 saturated heterocycles. The predicted molar refractivity (Wildman–Crippen MR) is 109 cm³/mol. The van der Waals surface area contributed by atoms with Crippen molar-refractivity contribution in [1.82, 2.24) is 4.90 Å². The van der Waals surface area contributed by atoms with E-state index in [0.717, 1.165) is 36.2 Å². The Bertz CT molecular complexity index is 789. The van der Waals surface area contributed by atoms with E-state index in [1.165, 1.54) is 0 Å². The van der Waals surface area contributed by atoms with Gasteiger partial charge in [-0.2, -0.15) is 0 Å². The van der Waals surface area contributed by atoms with Crippen LogP contribution in [0.5, 0.6) is 0 Å². The van der Waals surface area contributed by atoms with Crippen LogP contribution >= 0.6 is 34.8 Å². The van der Waals surface area contributed by atoms with E-state index in [1.54, 1.807) is 6.07 Å². The second kappa shape index (κ2) is 8.62. The zero-order valence-corrected chi connectivity index (χ0v) is 16.8. The molecule has 1 aliphatic heterocycles. The summed E-state index contributed by atoms with van der Waals surface area (Å²) in [6.45, 7) is 4.22. The number of benzene rings is 2. The summed E-state index contributed by atoms with van der Waals surface area (Å²) in [5, 5.41) is 5.04. The summed E-state index contributed by atoms with van der Waals surface area (Å²) < 4.78 is 0. The van der Waals surface area contributed by atoms with Crippen LogP contribution < -0.4 is 5.32 Å². The van der Waals surface area contributed by atoms with Crippen molar-refractivity contribution in [3.05, 3.63) is 62.6 Å². The summed E-state index contributed by atoms with van der Waals surface area (Å²) in [6, 6.07) is 11.0. The summed E-state index contributed by atoms with van der Waals surface area (Å²) in [5.41, 5.74) is 2.69. The molecule has 2 aromatic carbocycles. The lowest BCUT2D eigenvalue weighted by molar-refractivity contribution is -0.121. The molecular formula is C20H21Cl3N2O. The molecule has 0 aliphatic carbocycles. The molecule has 0 aromatic heterocycles. The predicted octanol–water partition coefficient (Wildman–Crippen LogP) is 5.81. The molecule has 26 heavy (non-hydrogen) atoms. The lowest BCUT2D eigenvalue weighted by Crippen LogP contribution is -2.40. The minimum Gasteiger partial charge on any atom is -0.326 e. The maximum atomic E-state index is 12.7. The molecule has 6 heteroatoms. The molecule has 0 radical (unpaired) electrons. The fourth-order valence-corrected chi connectivity index (χ4v) is 4.07. The largest absolute Gasteiger partial charge is 0.326 e. The van der Waals surface area contributed by atoms with E-state index in [0.29, 0.717) is 28.2 Å². The van der Waals surface area contributed by atoms with Gasteiger partial charge in [0.25, 0.3) is 0 Å². The van der Waals surface area contributed by atoms with Gasteiger partial charge < -0.3 is 5.32 Å². The highest BCUT2D eigenvalue weighted by Gasteiger charge is 2.26. The fourth-order valence-electron chi connectivity index (χ4n) is 3.32. The van der Waals surface area contributed by atoms with E-state index >= 15 is 0 Å². The Hall–Kier alpha value is -1.26. The van der Waals surface area contributed by atoms with E-state index in [4.69, 9.17) is 34.8 Å². The maximum absolute atomic E-state index is 12.7. The van der Waals surface area contributed by atoms with Gasteiger partial charge in [0.05, 0.1) is 5.92 Å². The molecular weight excluding hydrogens is 391 g/mol. The minimum atomic E-state index is -0.0555. The van der Waals surface area contributed by atoms with E-state index < -0.39 is 0 Å². The van der Waals surface area contributed by atoms with Crippen LogP contribution in [0.1, 0.15) is 24.0 Å². The van der Waals surface area contributed by atoms with Crippen LogP contribution in [0.25, 0.3) is 0 Å². The van der Waals surface area contributed by atoms with Gasteiger partial charge in [-0.3, -0.25) is 9.69 Å². The third-order valence-electron chi connectivity index (χ3n) is 4.77. The number of hydrogen-bond donors (Lipinski definition) is 1. The van der Waals surface area contributed by atoms with Crippen LogP contribution in [-0.2, 0) is 11.3 Å². The first-order valence-corrected chi connectivity index (χ1v) is 9.79. The molecule has 1 N–H and O–H groups in total. The fraction of sp³-hybridized carbons (Fsp3) is 0.350. The molecule has 138 valence electrons. The number of carbonyl (C=O) groups is 1. The van der Waals surface area contributed by atoms with Gasteiger partial charge >= 0.3 is 0 Å². The van der Waals surface area contributed by atoms with Gasteiger partial charge in [0.15, 0.2) is 0 Å². The van der Waals surface area contributed by atoms with E-state index in [-0.39, 0.29) is 11.8 Å². The van der Waals surface area contributed by atoms with E-state index in [1.807, 2.05) is 37.3 Å². The Balaban J connectivity index is 1.65. The van der Waals surface area contributed by atoms with Gasteiger partial charge in [-0.05, 0) is 62.2 Å². The van der Waals surface area contributed by atoms with Crippen LogP contribution in [0.2, 0.25) is 15.1 Å². The lowest BCUT2D eigenvalue weighted by Gasteiger charge is -2.32. The number of amides is 1. The first-order chi connectivity index (χ1) is 12.4. The van der Waals surface area contributed by atoms with Crippen molar-refractivity contribution in [2.24, 2.45) is 5.92 Å². The second-order valence-corrected chi connectivity index (χ2v) is 7.97. The van der Waals surface area contributed by atoms with Crippen molar-refractivity contribution in [3.8, 4) is 0 Å². The smallest absolute Gasteiger partial charge is 0.228 e. The zero-order chi connectivity index (χ0) is 18.7. The topological polar surface area (TPSA) is 32.3 Å². The second-order valence-electron chi connectivity index (χ2n) is 6.72. The normalized spacial score (nSPS) is 17.9. The highest BCUT2D eigenvalue weighted by Crippen LogP contribution is 2.28. The first kappa shape index (κ1) is 19.5.